The van der Waals surface area contributed by atoms with Gasteiger partial charge in [-0.2, -0.15) is 0 Å². The van der Waals surface area contributed by atoms with Crippen LogP contribution < -0.4 is 20.7 Å². The fourth-order valence-electron chi connectivity index (χ4n) is 8.76. The van der Waals surface area contributed by atoms with Gasteiger partial charge in [-0.15, -0.1) is 0 Å². The second kappa shape index (κ2) is 13.8. The SMILES string of the molecule is c1ccc(-c2nc(-c3cccc([Si](c4ccccc4)(c4ccccc4)c4ccccc4)c3)nc(-n3c4ccccc4c4c5c(ccc43)[se]c3ccccc35)n2)cc1. The summed E-state index contributed by atoms with van der Waals surface area (Å²) in [6.45, 7) is 0. The van der Waals surface area contributed by atoms with Gasteiger partial charge in [-0.25, -0.2) is 0 Å². The van der Waals surface area contributed by atoms with Crippen molar-refractivity contribution in [3.8, 4) is 28.7 Å². The molecule has 0 amide bonds. The average Bonchev–Trinajstić information content (AvgIpc) is 3.84. The topological polar surface area (TPSA) is 43.6 Å². The molecule has 0 N–H and O–H groups in total. The van der Waals surface area contributed by atoms with Crippen molar-refractivity contribution in [2.45, 2.75) is 0 Å². The second-order valence-electron chi connectivity index (χ2n) is 14.4. The molecule has 0 bridgehead atoms. The van der Waals surface area contributed by atoms with Crippen LogP contribution in [0.4, 0.5) is 0 Å². The molecule has 0 aliphatic carbocycles. The summed E-state index contributed by atoms with van der Waals surface area (Å²) in [5.74, 6) is 1.88. The first-order valence-electron chi connectivity index (χ1n) is 19.2. The van der Waals surface area contributed by atoms with Gasteiger partial charge in [-0.05, 0) is 15.6 Å². The minimum absolute atomic E-state index is 0.257. The average molecular weight is 810 g/mol. The summed E-state index contributed by atoms with van der Waals surface area (Å²) in [5, 5.41) is 10.4. The van der Waals surface area contributed by atoms with Gasteiger partial charge in [0.1, 0.15) is 0 Å². The first-order valence-corrected chi connectivity index (χ1v) is 22.9. The molecule has 268 valence electrons. The van der Waals surface area contributed by atoms with Gasteiger partial charge in [0.05, 0.1) is 0 Å². The van der Waals surface area contributed by atoms with Gasteiger partial charge in [0.25, 0.3) is 0 Å². The second-order valence-corrected chi connectivity index (χ2v) is 20.4. The zero-order valence-corrected chi connectivity index (χ0v) is 33.5. The van der Waals surface area contributed by atoms with Gasteiger partial charge < -0.3 is 0 Å². The van der Waals surface area contributed by atoms with Crippen molar-refractivity contribution in [2.24, 2.45) is 0 Å². The van der Waals surface area contributed by atoms with Gasteiger partial charge in [0, 0.05) is 0 Å². The molecule has 4 nitrogen and oxygen atoms in total. The van der Waals surface area contributed by atoms with Crippen molar-refractivity contribution >= 4 is 84.4 Å². The molecule has 57 heavy (non-hydrogen) atoms. The number of hydrogen-bond acceptors (Lipinski definition) is 3. The number of aromatic nitrogens is 4. The van der Waals surface area contributed by atoms with Gasteiger partial charge >= 0.3 is 232 Å². The molecule has 8 aromatic carbocycles. The summed E-state index contributed by atoms with van der Waals surface area (Å²) in [6.07, 6.45) is 0. The molecule has 11 rings (SSSR count). The monoisotopic (exact) mass is 810 g/mol. The fraction of sp³-hybridized carbons (Fsp3) is 0. The summed E-state index contributed by atoms with van der Waals surface area (Å²) in [6, 6.07) is 74.5. The van der Waals surface area contributed by atoms with E-state index in [-0.39, 0.29) is 14.5 Å². The Morgan fingerprint density at radius 3 is 1.56 bits per heavy atom. The first-order chi connectivity index (χ1) is 28.3. The van der Waals surface area contributed by atoms with Crippen LogP contribution in [0.25, 0.3) is 69.8 Å². The minimum atomic E-state index is -2.79. The zero-order valence-electron chi connectivity index (χ0n) is 30.8. The number of fused-ring (bicyclic) bond motifs is 7. The molecule has 3 aromatic heterocycles. The van der Waals surface area contributed by atoms with Crippen LogP contribution >= 0.6 is 0 Å². The summed E-state index contributed by atoms with van der Waals surface area (Å²) < 4.78 is 5.09. The van der Waals surface area contributed by atoms with E-state index in [1.807, 2.05) is 18.2 Å². The predicted molar refractivity (Wildman–Crippen MR) is 241 cm³/mol. The number of benzene rings is 8. The molecule has 11 aromatic rings. The molecular formula is C51H34N4SeSi. The molecule has 0 unspecified atom stereocenters. The van der Waals surface area contributed by atoms with E-state index in [4.69, 9.17) is 15.0 Å². The first kappa shape index (κ1) is 33.6. The number of para-hydroxylation sites is 1. The molecule has 0 saturated carbocycles. The van der Waals surface area contributed by atoms with E-state index in [0.29, 0.717) is 17.6 Å². The Bertz CT molecular complexity index is 3140. The molecule has 0 aliphatic rings. The molecule has 0 spiro atoms. The Hall–Kier alpha value is -6.69. The van der Waals surface area contributed by atoms with Crippen LogP contribution in [-0.2, 0) is 0 Å². The summed E-state index contributed by atoms with van der Waals surface area (Å²) >= 11 is 0.257. The van der Waals surface area contributed by atoms with Crippen LogP contribution in [0.1, 0.15) is 0 Å². The van der Waals surface area contributed by atoms with Crippen LogP contribution in [-0.4, -0.2) is 42.1 Å². The number of hydrogen-bond donors (Lipinski definition) is 0. The molecule has 0 atom stereocenters. The standard InChI is InChI=1S/C51H34N4SeSi/c1-5-18-35(19-6-1)49-52-50(36-20-17-27-40(34-36)57(37-21-7-2-8-22-37,38-23-9-3-10-24-38)39-25-11-4-12-26-39)54-51(53-49)55-43-30-15-13-28-41(43)47-44(55)32-33-46-48(47)42-29-14-16-31-45(42)56-46/h1-34H. The molecule has 0 fully saturated rings. The van der Waals surface area contributed by atoms with Crippen LogP contribution in [0, 0.1) is 0 Å². The van der Waals surface area contributed by atoms with Gasteiger partial charge in [-0.1, -0.05) is 91.0 Å². The van der Waals surface area contributed by atoms with Crippen molar-refractivity contribution in [1.82, 2.24) is 19.5 Å². The maximum absolute atomic E-state index is 5.41. The van der Waals surface area contributed by atoms with Crippen molar-refractivity contribution in [1.29, 1.82) is 0 Å². The molecule has 0 aliphatic heterocycles. The van der Waals surface area contributed by atoms with E-state index >= 15 is 0 Å². The van der Waals surface area contributed by atoms with Crippen LogP contribution in [0.2, 0.25) is 0 Å². The van der Waals surface area contributed by atoms with Crippen molar-refractivity contribution in [2.75, 3.05) is 0 Å². The molecule has 6 heteroatoms. The molecule has 3 heterocycles. The Labute approximate surface area is 337 Å². The third-order valence-corrected chi connectivity index (χ3v) is 18.4. The summed E-state index contributed by atoms with van der Waals surface area (Å²) in [7, 11) is -2.79. The van der Waals surface area contributed by atoms with Crippen molar-refractivity contribution in [3.05, 3.63) is 206 Å². The van der Waals surface area contributed by atoms with E-state index in [2.05, 4.69) is 193 Å². The van der Waals surface area contributed by atoms with Gasteiger partial charge in [0.2, 0.25) is 0 Å². The predicted octanol–water partition coefficient (Wildman–Crippen LogP) is 9.04. The van der Waals surface area contributed by atoms with E-state index in [0.717, 1.165) is 22.2 Å². The Morgan fingerprint density at radius 2 is 0.895 bits per heavy atom. The molecule has 0 radical (unpaired) electrons. The number of nitrogens with zero attached hydrogens (tertiary/aromatic N) is 4. The maximum atomic E-state index is 5.41. The summed E-state index contributed by atoms with van der Waals surface area (Å²) in [4.78, 5) is 15.9. The quantitative estimate of drug-likeness (QED) is 0.119. The van der Waals surface area contributed by atoms with Crippen molar-refractivity contribution in [3.63, 3.8) is 0 Å². The van der Waals surface area contributed by atoms with Crippen LogP contribution in [0.15, 0.2) is 206 Å². The Kier molecular flexibility index (Phi) is 8.14. The normalized spacial score (nSPS) is 11.9. The Morgan fingerprint density at radius 1 is 0.368 bits per heavy atom. The third kappa shape index (κ3) is 5.45. The van der Waals surface area contributed by atoms with E-state index in [9.17, 15) is 0 Å². The Balaban J connectivity index is 1.19. The van der Waals surface area contributed by atoms with Gasteiger partial charge in [0.15, 0.2) is 0 Å². The van der Waals surface area contributed by atoms with Crippen molar-refractivity contribution < 1.29 is 0 Å². The molecular weight excluding hydrogens is 776 g/mol. The number of rotatable bonds is 7. The van der Waals surface area contributed by atoms with E-state index in [1.54, 1.807) is 0 Å². The van der Waals surface area contributed by atoms with Crippen LogP contribution in [0.5, 0.6) is 0 Å². The van der Waals surface area contributed by atoms with E-state index < -0.39 is 8.07 Å². The zero-order chi connectivity index (χ0) is 37.8. The fourth-order valence-corrected chi connectivity index (χ4v) is 15.9. The third-order valence-electron chi connectivity index (χ3n) is 11.2. The van der Waals surface area contributed by atoms with E-state index in [1.165, 1.54) is 50.8 Å². The van der Waals surface area contributed by atoms with Gasteiger partial charge in [-0.3, -0.25) is 0 Å². The molecule has 0 saturated heterocycles. The summed E-state index contributed by atoms with van der Waals surface area (Å²) in [5.41, 5.74) is 4.06. The van der Waals surface area contributed by atoms with Crippen LogP contribution in [0.3, 0.4) is 0 Å².